The zero-order valence-corrected chi connectivity index (χ0v) is 18.3. The molecule has 0 saturated carbocycles. The molecule has 1 saturated heterocycles. The number of thiophene rings is 1. The van der Waals surface area contributed by atoms with E-state index in [2.05, 4.69) is 10.2 Å². The van der Waals surface area contributed by atoms with Crippen molar-refractivity contribution >= 4 is 22.2 Å². The number of nitrogens with zero attached hydrogens (tertiary/aromatic N) is 1. The highest BCUT2D eigenvalue weighted by molar-refractivity contribution is 7.16. The fraction of sp³-hybridized carbons (Fsp3) is 0.400. The van der Waals surface area contributed by atoms with Gasteiger partial charge in [-0.05, 0) is 87.0 Å². The Kier molecular flexibility index (Phi) is 5.92. The molecule has 0 bridgehead atoms. The standard InChI is InChI=1S/C25H27FN2O2S/c26-18-12-10-17(11-13-18)23(28-14-4-1-5-15-28)22-19-7-2-3-9-21(19)31-25(22)27-24(29)20-8-6-16-30-20/h6,8,10-13,16,23H,1-5,7,9,14-15H2,(H,27,29)/t23-/m0/s1. The molecule has 3 heterocycles. The number of nitrogens with one attached hydrogen (secondary N) is 1. The molecule has 1 aromatic carbocycles. The average molecular weight is 439 g/mol. The van der Waals surface area contributed by atoms with Crippen molar-refractivity contribution in [2.24, 2.45) is 0 Å². The van der Waals surface area contributed by atoms with E-state index in [0.29, 0.717) is 5.76 Å². The number of fused-ring (bicyclic) bond motifs is 1. The summed E-state index contributed by atoms with van der Waals surface area (Å²) in [7, 11) is 0. The first-order valence-electron chi connectivity index (χ1n) is 11.2. The average Bonchev–Trinajstić information content (AvgIpc) is 3.45. The predicted octanol–water partition coefficient (Wildman–Crippen LogP) is 6.19. The maximum atomic E-state index is 13.7. The Hall–Kier alpha value is -2.44. The lowest BCUT2D eigenvalue weighted by Crippen LogP contribution is -2.35. The molecule has 0 spiro atoms. The number of hydrogen-bond acceptors (Lipinski definition) is 4. The number of carbonyl (C=O) groups is 1. The van der Waals surface area contributed by atoms with Crippen molar-refractivity contribution in [3.05, 3.63) is 75.8 Å². The third-order valence-electron chi connectivity index (χ3n) is 6.40. The van der Waals surface area contributed by atoms with E-state index in [4.69, 9.17) is 4.42 Å². The summed E-state index contributed by atoms with van der Waals surface area (Å²) in [6, 6.07) is 10.3. The zero-order chi connectivity index (χ0) is 21.2. The van der Waals surface area contributed by atoms with Gasteiger partial charge in [-0.15, -0.1) is 11.3 Å². The Balaban J connectivity index is 1.60. The summed E-state index contributed by atoms with van der Waals surface area (Å²) in [6.45, 7) is 2.02. The summed E-state index contributed by atoms with van der Waals surface area (Å²) >= 11 is 1.70. The van der Waals surface area contributed by atoms with Gasteiger partial charge in [0.25, 0.3) is 5.91 Å². The van der Waals surface area contributed by atoms with Gasteiger partial charge in [0.2, 0.25) is 0 Å². The van der Waals surface area contributed by atoms with Crippen LogP contribution in [-0.4, -0.2) is 23.9 Å². The van der Waals surface area contributed by atoms with Crippen LogP contribution in [0.15, 0.2) is 47.1 Å². The summed E-state index contributed by atoms with van der Waals surface area (Å²) in [5.74, 6) is -0.130. The fourth-order valence-electron chi connectivity index (χ4n) is 4.93. The molecule has 162 valence electrons. The Labute approximate surface area is 186 Å². The number of anilines is 1. The van der Waals surface area contributed by atoms with Crippen LogP contribution in [0.4, 0.5) is 9.39 Å². The molecule has 4 nitrogen and oxygen atoms in total. The third kappa shape index (κ3) is 4.19. The molecule has 5 rings (SSSR count). The second-order valence-electron chi connectivity index (χ2n) is 8.44. The number of amides is 1. The van der Waals surface area contributed by atoms with Crippen LogP contribution in [0.5, 0.6) is 0 Å². The second-order valence-corrected chi connectivity index (χ2v) is 9.54. The fourth-order valence-corrected chi connectivity index (χ4v) is 6.24. The molecule has 1 fully saturated rings. The van der Waals surface area contributed by atoms with E-state index in [0.717, 1.165) is 49.3 Å². The molecule has 2 aliphatic rings. The van der Waals surface area contributed by atoms with Crippen LogP contribution in [0.3, 0.4) is 0 Å². The predicted molar refractivity (Wildman–Crippen MR) is 121 cm³/mol. The Morgan fingerprint density at radius 2 is 1.81 bits per heavy atom. The molecule has 31 heavy (non-hydrogen) atoms. The molecule has 1 aliphatic carbocycles. The molecule has 0 unspecified atom stereocenters. The lowest BCUT2D eigenvalue weighted by molar-refractivity contribution is 0.0996. The highest BCUT2D eigenvalue weighted by Gasteiger charge is 2.33. The number of likely N-dealkylation sites (tertiary alicyclic amines) is 1. The molecule has 1 atom stereocenters. The molecular weight excluding hydrogens is 411 g/mol. The topological polar surface area (TPSA) is 45.5 Å². The van der Waals surface area contributed by atoms with Gasteiger partial charge in [-0.3, -0.25) is 9.69 Å². The second kappa shape index (κ2) is 8.97. The molecule has 3 aromatic rings. The van der Waals surface area contributed by atoms with Crippen molar-refractivity contribution in [3.63, 3.8) is 0 Å². The van der Waals surface area contributed by atoms with Crippen molar-refractivity contribution in [2.75, 3.05) is 18.4 Å². The van der Waals surface area contributed by atoms with E-state index in [1.165, 1.54) is 41.5 Å². The number of hydrogen-bond donors (Lipinski definition) is 1. The van der Waals surface area contributed by atoms with E-state index < -0.39 is 0 Å². The monoisotopic (exact) mass is 438 g/mol. The maximum Gasteiger partial charge on any atom is 0.291 e. The molecule has 0 radical (unpaired) electrons. The van der Waals surface area contributed by atoms with Gasteiger partial charge in [-0.25, -0.2) is 4.39 Å². The number of benzene rings is 1. The summed E-state index contributed by atoms with van der Waals surface area (Å²) in [5.41, 5.74) is 3.67. The number of aryl methyl sites for hydroxylation is 1. The Morgan fingerprint density at radius 1 is 1.03 bits per heavy atom. The molecule has 2 aromatic heterocycles. The van der Waals surface area contributed by atoms with Gasteiger partial charge in [0.05, 0.1) is 12.3 Å². The van der Waals surface area contributed by atoms with E-state index in [-0.39, 0.29) is 17.8 Å². The van der Waals surface area contributed by atoms with Gasteiger partial charge >= 0.3 is 0 Å². The SMILES string of the molecule is O=C(Nc1sc2c(c1[C@H](c1ccc(F)cc1)N1CCCCC1)CCCC2)c1ccco1. The smallest absolute Gasteiger partial charge is 0.291 e. The number of halogens is 1. The van der Waals surface area contributed by atoms with E-state index in [1.54, 1.807) is 35.6 Å². The number of piperidine rings is 1. The molecule has 1 amide bonds. The van der Waals surface area contributed by atoms with Crippen molar-refractivity contribution in [1.82, 2.24) is 4.90 Å². The van der Waals surface area contributed by atoms with Gasteiger partial charge in [0, 0.05) is 10.4 Å². The molecular formula is C25H27FN2O2S. The van der Waals surface area contributed by atoms with Crippen LogP contribution in [0, 0.1) is 5.82 Å². The van der Waals surface area contributed by atoms with Gasteiger partial charge in [0.15, 0.2) is 5.76 Å². The van der Waals surface area contributed by atoms with Crippen LogP contribution in [-0.2, 0) is 12.8 Å². The third-order valence-corrected chi connectivity index (χ3v) is 7.62. The Morgan fingerprint density at radius 3 is 2.55 bits per heavy atom. The van der Waals surface area contributed by atoms with Crippen LogP contribution in [0.25, 0.3) is 0 Å². The molecule has 6 heteroatoms. The minimum Gasteiger partial charge on any atom is -0.459 e. The number of furan rings is 1. The zero-order valence-electron chi connectivity index (χ0n) is 17.5. The van der Waals surface area contributed by atoms with Crippen molar-refractivity contribution in [2.45, 2.75) is 51.0 Å². The van der Waals surface area contributed by atoms with Crippen LogP contribution in [0.1, 0.15) is 70.3 Å². The first-order chi connectivity index (χ1) is 15.2. The van der Waals surface area contributed by atoms with Gasteiger partial charge in [0.1, 0.15) is 10.8 Å². The van der Waals surface area contributed by atoms with Crippen molar-refractivity contribution in [3.8, 4) is 0 Å². The summed E-state index contributed by atoms with van der Waals surface area (Å²) in [5, 5.41) is 4.07. The number of carbonyl (C=O) groups excluding carboxylic acids is 1. The van der Waals surface area contributed by atoms with Crippen LogP contribution >= 0.6 is 11.3 Å². The highest BCUT2D eigenvalue weighted by Crippen LogP contribution is 2.46. The van der Waals surface area contributed by atoms with E-state index >= 15 is 0 Å². The van der Waals surface area contributed by atoms with E-state index in [1.807, 2.05) is 12.1 Å². The minimum atomic E-state index is -0.222. The molecule has 1 N–H and O–H groups in total. The first kappa shape index (κ1) is 20.5. The maximum absolute atomic E-state index is 13.7. The summed E-state index contributed by atoms with van der Waals surface area (Å²) in [6.07, 6.45) is 9.53. The van der Waals surface area contributed by atoms with Gasteiger partial charge in [-0.2, -0.15) is 0 Å². The van der Waals surface area contributed by atoms with Crippen molar-refractivity contribution < 1.29 is 13.6 Å². The van der Waals surface area contributed by atoms with Crippen LogP contribution < -0.4 is 5.32 Å². The highest BCUT2D eigenvalue weighted by atomic mass is 32.1. The largest absolute Gasteiger partial charge is 0.459 e. The quantitative estimate of drug-likeness (QED) is 0.517. The summed E-state index contributed by atoms with van der Waals surface area (Å²) in [4.78, 5) is 16.7. The van der Waals surface area contributed by atoms with Gasteiger partial charge in [-0.1, -0.05) is 18.6 Å². The number of rotatable bonds is 5. The normalized spacial score (nSPS) is 17.8. The lowest BCUT2D eigenvalue weighted by Gasteiger charge is -2.36. The summed E-state index contributed by atoms with van der Waals surface area (Å²) < 4.78 is 19.1. The van der Waals surface area contributed by atoms with Crippen molar-refractivity contribution in [1.29, 1.82) is 0 Å². The molecule has 1 aliphatic heterocycles. The first-order valence-corrected chi connectivity index (χ1v) is 12.0. The lowest BCUT2D eigenvalue weighted by atomic mass is 9.88. The minimum absolute atomic E-state index is 0.0194. The Bertz CT molecular complexity index is 1040. The van der Waals surface area contributed by atoms with Crippen LogP contribution in [0.2, 0.25) is 0 Å². The van der Waals surface area contributed by atoms with E-state index in [9.17, 15) is 9.18 Å². The van der Waals surface area contributed by atoms with Gasteiger partial charge < -0.3 is 9.73 Å².